The Labute approximate surface area is 128 Å². The zero-order chi connectivity index (χ0) is 15.5. The molecule has 7 heteroatoms. The highest BCUT2D eigenvalue weighted by Gasteiger charge is 2.09. The second-order valence-electron chi connectivity index (χ2n) is 4.29. The third-order valence-corrected chi connectivity index (χ3v) is 3.46. The summed E-state index contributed by atoms with van der Waals surface area (Å²) < 4.78 is 10.0. The molecule has 1 N–H and O–H groups in total. The smallest absolute Gasteiger partial charge is 0.311 e. The SMILES string of the molecule is CCOCCCC(=O)NCc1nc(CC(=O)OCC)cs1. The minimum atomic E-state index is -0.283. The summed E-state index contributed by atoms with van der Waals surface area (Å²) in [5.41, 5.74) is 0.680. The molecule has 0 unspecified atom stereocenters. The first kappa shape index (κ1) is 17.6. The van der Waals surface area contributed by atoms with Crippen LogP contribution in [0.5, 0.6) is 0 Å². The van der Waals surface area contributed by atoms with Crippen LogP contribution in [0, 0.1) is 0 Å². The third kappa shape index (κ3) is 7.77. The zero-order valence-electron chi connectivity index (χ0n) is 12.5. The van der Waals surface area contributed by atoms with Crippen molar-refractivity contribution in [2.45, 2.75) is 39.7 Å². The average Bonchev–Trinajstić information content (AvgIpc) is 2.89. The zero-order valence-corrected chi connectivity index (χ0v) is 13.3. The lowest BCUT2D eigenvalue weighted by Gasteiger charge is -2.03. The Morgan fingerprint density at radius 2 is 2.14 bits per heavy atom. The molecule has 1 heterocycles. The van der Waals surface area contributed by atoms with E-state index in [2.05, 4.69) is 10.3 Å². The normalized spacial score (nSPS) is 10.4. The molecule has 0 saturated carbocycles. The Balaban J connectivity index is 2.25. The fourth-order valence-electron chi connectivity index (χ4n) is 1.61. The maximum Gasteiger partial charge on any atom is 0.311 e. The van der Waals surface area contributed by atoms with E-state index in [4.69, 9.17) is 9.47 Å². The van der Waals surface area contributed by atoms with Crippen molar-refractivity contribution in [3.05, 3.63) is 16.1 Å². The van der Waals surface area contributed by atoms with Crippen LogP contribution in [0.15, 0.2) is 5.38 Å². The number of nitrogens with zero attached hydrogens (tertiary/aromatic N) is 1. The second-order valence-corrected chi connectivity index (χ2v) is 5.23. The number of ether oxygens (including phenoxy) is 2. The maximum absolute atomic E-state index is 11.6. The maximum atomic E-state index is 11.6. The predicted octanol–water partition coefficient (Wildman–Crippen LogP) is 1.68. The molecule has 0 aliphatic rings. The molecule has 1 rings (SSSR count). The summed E-state index contributed by atoms with van der Waals surface area (Å²) >= 11 is 1.43. The van der Waals surface area contributed by atoms with Crippen LogP contribution in [0.3, 0.4) is 0 Å². The number of hydrogen-bond acceptors (Lipinski definition) is 6. The summed E-state index contributed by atoms with van der Waals surface area (Å²) in [5.74, 6) is -0.300. The molecule has 1 aromatic heterocycles. The number of thiazole rings is 1. The van der Waals surface area contributed by atoms with Gasteiger partial charge in [0.1, 0.15) is 5.01 Å². The van der Waals surface area contributed by atoms with Crippen LogP contribution < -0.4 is 5.32 Å². The molecule has 0 aromatic carbocycles. The van der Waals surface area contributed by atoms with Gasteiger partial charge < -0.3 is 14.8 Å². The van der Waals surface area contributed by atoms with Crippen molar-refractivity contribution in [3.63, 3.8) is 0 Å². The molecule has 21 heavy (non-hydrogen) atoms. The van der Waals surface area contributed by atoms with Gasteiger partial charge in [-0.15, -0.1) is 11.3 Å². The summed E-state index contributed by atoms with van der Waals surface area (Å²) in [7, 11) is 0. The van der Waals surface area contributed by atoms with E-state index >= 15 is 0 Å². The minimum Gasteiger partial charge on any atom is -0.466 e. The van der Waals surface area contributed by atoms with Crippen LogP contribution in [0.1, 0.15) is 37.4 Å². The van der Waals surface area contributed by atoms with Crippen LogP contribution in [-0.4, -0.2) is 36.7 Å². The molecule has 118 valence electrons. The number of amides is 1. The van der Waals surface area contributed by atoms with E-state index in [1.165, 1.54) is 11.3 Å². The molecule has 0 aliphatic carbocycles. The monoisotopic (exact) mass is 314 g/mol. The summed E-state index contributed by atoms with van der Waals surface area (Å²) in [4.78, 5) is 27.2. The number of hydrogen-bond donors (Lipinski definition) is 1. The topological polar surface area (TPSA) is 77.5 Å². The van der Waals surface area contributed by atoms with Gasteiger partial charge in [-0.3, -0.25) is 9.59 Å². The first-order chi connectivity index (χ1) is 10.2. The Hall–Kier alpha value is -1.47. The molecule has 1 amide bonds. The average molecular weight is 314 g/mol. The molecule has 0 saturated heterocycles. The van der Waals surface area contributed by atoms with Crippen molar-refractivity contribution in [2.75, 3.05) is 19.8 Å². The molecule has 0 aliphatic heterocycles. The quantitative estimate of drug-likeness (QED) is 0.525. The van der Waals surface area contributed by atoms with Gasteiger partial charge >= 0.3 is 5.97 Å². The molecular formula is C14H22N2O4S. The number of rotatable bonds is 10. The van der Waals surface area contributed by atoms with Crippen molar-refractivity contribution in [1.29, 1.82) is 0 Å². The lowest BCUT2D eigenvalue weighted by atomic mass is 10.3. The highest BCUT2D eigenvalue weighted by Crippen LogP contribution is 2.10. The molecule has 0 radical (unpaired) electrons. The largest absolute Gasteiger partial charge is 0.466 e. The number of carbonyl (C=O) groups excluding carboxylic acids is 2. The Bertz CT molecular complexity index is 448. The number of esters is 1. The van der Waals surface area contributed by atoms with Crippen LogP contribution in [0.25, 0.3) is 0 Å². The van der Waals surface area contributed by atoms with E-state index in [1.807, 2.05) is 12.3 Å². The first-order valence-electron chi connectivity index (χ1n) is 7.09. The highest BCUT2D eigenvalue weighted by atomic mass is 32.1. The van der Waals surface area contributed by atoms with Crippen molar-refractivity contribution in [2.24, 2.45) is 0 Å². The second kappa shape index (κ2) is 10.3. The number of aromatic nitrogens is 1. The lowest BCUT2D eigenvalue weighted by molar-refractivity contribution is -0.142. The summed E-state index contributed by atoms with van der Waals surface area (Å²) in [6.07, 6.45) is 1.33. The third-order valence-electron chi connectivity index (χ3n) is 2.56. The van der Waals surface area contributed by atoms with Crippen molar-refractivity contribution in [3.8, 4) is 0 Å². The molecule has 0 fully saturated rings. The summed E-state index contributed by atoms with van der Waals surface area (Å²) in [6, 6.07) is 0. The number of nitrogens with one attached hydrogen (secondary N) is 1. The van der Waals surface area contributed by atoms with Gasteiger partial charge in [-0.25, -0.2) is 4.98 Å². The van der Waals surface area contributed by atoms with Crippen LogP contribution in [0.4, 0.5) is 0 Å². The van der Waals surface area contributed by atoms with Gasteiger partial charge in [0.15, 0.2) is 0 Å². The Morgan fingerprint density at radius 3 is 2.86 bits per heavy atom. The molecule has 6 nitrogen and oxygen atoms in total. The molecule has 0 bridgehead atoms. The van der Waals surface area contributed by atoms with Crippen molar-refractivity contribution >= 4 is 23.2 Å². The molecule has 1 aromatic rings. The Morgan fingerprint density at radius 1 is 1.33 bits per heavy atom. The van der Waals surface area contributed by atoms with Crippen molar-refractivity contribution in [1.82, 2.24) is 10.3 Å². The van der Waals surface area contributed by atoms with E-state index < -0.39 is 0 Å². The van der Waals surface area contributed by atoms with E-state index in [0.717, 1.165) is 5.01 Å². The number of carbonyl (C=O) groups is 2. The van der Waals surface area contributed by atoms with Crippen molar-refractivity contribution < 1.29 is 19.1 Å². The Kier molecular flexibility index (Phi) is 8.61. The van der Waals surface area contributed by atoms with Crippen LogP contribution in [0.2, 0.25) is 0 Å². The van der Waals surface area contributed by atoms with E-state index in [-0.39, 0.29) is 18.3 Å². The lowest BCUT2D eigenvalue weighted by Crippen LogP contribution is -2.22. The predicted molar refractivity (Wildman–Crippen MR) is 80.0 cm³/mol. The summed E-state index contributed by atoms with van der Waals surface area (Å²) in [5, 5.41) is 5.40. The standard InChI is InChI=1S/C14H22N2O4S/c1-3-19-7-5-6-12(17)15-9-13-16-11(10-21-13)8-14(18)20-4-2/h10H,3-9H2,1-2H3,(H,15,17). The fourth-order valence-corrected chi connectivity index (χ4v) is 2.35. The van der Waals surface area contributed by atoms with Gasteiger partial charge in [-0.2, -0.15) is 0 Å². The van der Waals surface area contributed by atoms with E-state index in [9.17, 15) is 9.59 Å². The van der Waals surface area contributed by atoms with Gasteiger partial charge in [-0.05, 0) is 20.3 Å². The molecule has 0 spiro atoms. The van der Waals surface area contributed by atoms with Crippen LogP contribution >= 0.6 is 11.3 Å². The van der Waals surface area contributed by atoms with E-state index in [0.29, 0.717) is 44.9 Å². The fraction of sp³-hybridized carbons (Fsp3) is 0.643. The minimum absolute atomic E-state index is 0.0168. The molecular weight excluding hydrogens is 292 g/mol. The summed E-state index contributed by atoms with van der Waals surface area (Å²) in [6.45, 7) is 5.73. The van der Waals surface area contributed by atoms with E-state index in [1.54, 1.807) is 6.92 Å². The highest BCUT2D eigenvalue weighted by molar-refractivity contribution is 7.09. The van der Waals surface area contributed by atoms with Gasteiger partial charge in [0, 0.05) is 25.0 Å². The van der Waals surface area contributed by atoms with Crippen LogP contribution in [-0.2, 0) is 32.0 Å². The first-order valence-corrected chi connectivity index (χ1v) is 7.97. The van der Waals surface area contributed by atoms with Gasteiger partial charge in [0.25, 0.3) is 0 Å². The van der Waals surface area contributed by atoms with Gasteiger partial charge in [0.2, 0.25) is 5.91 Å². The molecule has 0 atom stereocenters. The van der Waals surface area contributed by atoms with Gasteiger partial charge in [-0.1, -0.05) is 0 Å². The van der Waals surface area contributed by atoms with Gasteiger partial charge in [0.05, 0.1) is 25.3 Å².